The number of aliphatic hydroxyl groups excluding tert-OH is 1. The van der Waals surface area contributed by atoms with Crippen molar-refractivity contribution in [3.05, 3.63) is 116 Å². The number of thiazole rings is 1. The van der Waals surface area contributed by atoms with E-state index in [4.69, 9.17) is 18.9 Å². The first-order valence-corrected chi connectivity index (χ1v) is 27.0. The van der Waals surface area contributed by atoms with Crippen LogP contribution in [0.2, 0.25) is 0 Å². The van der Waals surface area contributed by atoms with Gasteiger partial charge in [0.1, 0.15) is 25.3 Å². The zero-order valence-corrected chi connectivity index (χ0v) is 46.1. The molecule has 4 atom stereocenters. The normalized spacial score (nSPS) is 16.7. The van der Waals surface area contributed by atoms with Crippen LogP contribution in [0.3, 0.4) is 0 Å². The lowest BCUT2D eigenvalue weighted by Gasteiger charge is -2.37. The second-order valence-corrected chi connectivity index (χ2v) is 21.6. The van der Waals surface area contributed by atoms with Crippen molar-refractivity contribution in [1.82, 2.24) is 35.8 Å². The Morgan fingerprint density at radius 2 is 1.63 bits per heavy atom. The fourth-order valence-electron chi connectivity index (χ4n) is 9.83. The smallest absolute Gasteiger partial charge is 0.253 e. The van der Waals surface area contributed by atoms with Gasteiger partial charge in [0.25, 0.3) is 11.5 Å². The van der Waals surface area contributed by atoms with Gasteiger partial charge in [-0.3, -0.25) is 24.0 Å². The average molecular weight is 1060 g/mol. The Hall–Kier alpha value is -6.51. The van der Waals surface area contributed by atoms with Crippen molar-refractivity contribution < 1.29 is 43.2 Å². The predicted octanol–water partition coefficient (Wildman–Crippen LogP) is 6.51. The summed E-state index contributed by atoms with van der Waals surface area (Å²) in [4.78, 5) is 84.2. The van der Waals surface area contributed by atoms with Crippen LogP contribution in [-0.4, -0.2) is 132 Å². The number of ether oxygens (including phenoxy) is 4. The van der Waals surface area contributed by atoms with Gasteiger partial charge in [0.15, 0.2) is 0 Å². The van der Waals surface area contributed by atoms with E-state index >= 15 is 0 Å². The molecule has 0 bridgehead atoms. The summed E-state index contributed by atoms with van der Waals surface area (Å²) < 4.78 is 22.9. The summed E-state index contributed by atoms with van der Waals surface area (Å²) >= 11 is 1.57. The van der Waals surface area contributed by atoms with Gasteiger partial charge in [0, 0.05) is 85.6 Å². The molecule has 19 heteroatoms. The minimum absolute atomic E-state index is 0.0384. The van der Waals surface area contributed by atoms with Gasteiger partial charge in [-0.1, -0.05) is 45.0 Å². The van der Waals surface area contributed by atoms with E-state index in [1.165, 1.54) is 4.90 Å². The number of aliphatic hydroxyl groups is 1. The summed E-state index contributed by atoms with van der Waals surface area (Å²) in [5, 5.41) is 19.5. The number of aryl methyl sites for hydroxylation is 3. The fraction of sp³-hybridized carbons (Fsp3) is 0.491. The van der Waals surface area contributed by atoms with Crippen molar-refractivity contribution in [2.24, 2.45) is 5.41 Å². The molecule has 5 aromatic rings. The van der Waals surface area contributed by atoms with Crippen LogP contribution < -0.4 is 31.1 Å². The number of β-amino-alcohol motifs (C(OH)–C–C–N with tert-alkyl or cyclic N) is 1. The molecule has 1 unspecified atom stereocenters. The van der Waals surface area contributed by atoms with Crippen LogP contribution in [0, 0.1) is 33.1 Å². The van der Waals surface area contributed by atoms with E-state index in [1.807, 2.05) is 103 Å². The third kappa shape index (κ3) is 14.5. The molecule has 0 aliphatic carbocycles. The summed E-state index contributed by atoms with van der Waals surface area (Å²) in [6.07, 6.45) is 2.64. The molecule has 2 fully saturated rings. The molecule has 2 aliphatic rings. The fourth-order valence-corrected chi connectivity index (χ4v) is 10.6. The molecule has 18 nitrogen and oxygen atoms in total. The van der Waals surface area contributed by atoms with Gasteiger partial charge in [-0.2, -0.15) is 0 Å². The summed E-state index contributed by atoms with van der Waals surface area (Å²) in [6.45, 7) is 19.6. The van der Waals surface area contributed by atoms with Crippen molar-refractivity contribution in [3.8, 4) is 27.4 Å². The quantitative estimate of drug-likeness (QED) is 0.0467. The molecule has 3 aromatic heterocycles. The first-order chi connectivity index (χ1) is 36.3. The van der Waals surface area contributed by atoms with Crippen molar-refractivity contribution >= 4 is 40.7 Å². The number of benzene rings is 2. The number of carbonyl (C=O) groups excluding carboxylic acids is 4. The zero-order chi connectivity index (χ0) is 54.7. The number of nitrogens with zero attached hydrogens (tertiary/aromatic N) is 4. The molecule has 5 heterocycles. The molecule has 0 spiro atoms. The Labute approximate surface area is 449 Å². The Morgan fingerprint density at radius 3 is 2.29 bits per heavy atom. The van der Waals surface area contributed by atoms with E-state index in [-0.39, 0.29) is 82.0 Å². The first kappa shape index (κ1) is 57.2. The lowest BCUT2D eigenvalue weighted by atomic mass is 9.85. The van der Waals surface area contributed by atoms with E-state index in [0.717, 1.165) is 74.7 Å². The topological polar surface area (TPSA) is 227 Å². The number of pyridine rings is 2. The van der Waals surface area contributed by atoms with Gasteiger partial charge < -0.3 is 54.8 Å². The van der Waals surface area contributed by atoms with Crippen LogP contribution in [0.4, 0.5) is 5.69 Å². The molecule has 2 aromatic carbocycles. The highest BCUT2D eigenvalue weighted by molar-refractivity contribution is 7.13. The lowest BCUT2D eigenvalue weighted by molar-refractivity contribution is -0.144. The highest BCUT2D eigenvalue weighted by atomic mass is 32.1. The second-order valence-electron chi connectivity index (χ2n) is 20.7. The number of carbonyl (C=O) groups is 4. The Kier molecular flexibility index (Phi) is 19.6. The number of H-pyrrole nitrogens is 1. The van der Waals surface area contributed by atoms with Gasteiger partial charge in [-0.05, 0) is 112 Å². The second kappa shape index (κ2) is 26.0. The van der Waals surface area contributed by atoms with E-state index in [1.54, 1.807) is 23.6 Å². The van der Waals surface area contributed by atoms with Crippen LogP contribution in [-0.2, 0) is 35.1 Å². The first-order valence-electron chi connectivity index (χ1n) is 26.1. The number of rotatable bonds is 22. The third-order valence-electron chi connectivity index (χ3n) is 14.0. The van der Waals surface area contributed by atoms with Gasteiger partial charge >= 0.3 is 0 Å². The van der Waals surface area contributed by atoms with Gasteiger partial charge in [0.2, 0.25) is 23.6 Å². The average Bonchev–Trinajstić information content (AvgIpc) is 4.02. The van der Waals surface area contributed by atoms with E-state index in [2.05, 4.69) is 48.8 Å². The number of likely N-dealkylation sites (tertiary alicyclic amines) is 1. The van der Waals surface area contributed by atoms with Crippen LogP contribution >= 0.6 is 11.3 Å². The summed E-state index contributed by atoms with van der Waals surface area (Å²) in [5.74, 6) is -1.25. The van der Waals surface area contributed by atoms with Crippen LogP contribution in [0.15, 0.2) is 71.1 Å². The summed E-state index contributed by atoms with van der Waals surface area (Å²) in [6, 6.07) is 15.4. The highest BCUT2D eigenvalue weighted by Crippen LogP contribution is 2.35. The molecule has 7 rings (SSSR count). The van der Waals surface area contributed by atoms with E-state index < -0.39 is 35.4 Å². The molecule has 0 saturated carbocycles. The standard InChI is InChI=1S/C57H74N8O10S/c1-10-64(43-17-19-72-20-18-43)47-27-42(26-45(36(47)4)53(68)59-30-46-34(2)25-35(3)61-54(46)69)41-15-16-50(58-29-41)75-24-23-73-21-22-74-32-49(67)63-52(57(7,8)9)56(71)65-31-44(66)28-48(65)55(70)62-37(5)39-11-13-40(14-12-39)51-38(6)60-33-76-51/h11-16,25-27,29,33,37,43-44,48,52,66H,10,17-24,28,30-32H2,1-9H3,(H,59,68)(H,61,69)(H,62,70)(H,63,67)/t37-,44+,48-,52?/m0/s1. The van der Waals surface area contributed by atoms with Crippen molar-refractivity contribution in [2.45, 2.75) is 118 Å². The van der Waals surface area contributed by atoms with Crippen molar-refractivity contribution in [3.63, 3.8) is 0 Å². The minimum atomic E-state index is -0.999. The van der Waals surface area contributed by atoms with Crippen molar-refractivity contribution in [2.75, 3.05) is 64.2 Å². The van der Waals surface area contributed by atoms with Crippen LogP contribution in [0.1, 0.15) is 104 Å². The van der Waals surface area contributed by atoms with Crippen LogP contribution in [0.5, 0.6) is 5.88 Å². The Morgan fingerprint density at radius 1 is 0.921 bits per heavy atom. The zero-order valence-electron chi connectivity index (χ0n) is 45.2. The van der Waals surface area contributed by atoms with Crippen LogP contribution in [0.25, 0.3) is 21.6 Å². The number of anilines is 1. The highest BCUT2D eigenvalue weighted by Gasteiger charge is 2.45. The van der Waals surface area contributed by atoms with E-state index in [9.17, 15) is 29.1 Å². The summed E-state index contributed by atoms with van der Waals surface area (Å²) in [5.41, 5.74) is 9.73. The monoisotopic (exact) mass is 1060 g/mol. The number of aromatic nitrogens is 3. The molecule has 76 heavy (non-hydrogen) atoms. The SMILES string of the molecule is CCN(c1cc(-c2ccc(OCCOCCOCC(=O)NC(C(=O)N3C[C@H](O)C[C@H]3C(=O)N[C@@H](C)c3ccc(-c4scnc4C)cc3)C(C)(C)C)nc2)cc(C(=O)NCc2c(C)cc(C)[nH]c2=O)c1C)C1CCOCC1. The molecule has 2 aliphatic heterocycles. The molecule has 2 saturated heterocycles. The lowest BCUT2D eigenvalue weighted by Crippen LogP contribution is -2.58. The number of amides is 4. The molecule has 4 amide bonds. The molecule has 0 radical (unpaired) electrons. The summed E-state index contributed by atoms with van der Waals surface area (Å²) in [7, 11) is 0. The van der Waals surface area contributed by atoms with Gasteiger partial charge in [0.05, 0.1) is 48.0 Å². The van der Waals surface area contributed by atoms with E-state index in [0.29, 0.717) is 30.2 Å². The third-order valence-corrected chi connectivity index (χ3v) is 15.0. The van der Waals surface area contributed by atoms with Gasteiger partial charge in [-0.25, -0.2) is 9.97 Å². The predicted molar refractivity (Wildman–Crippen MR) is 292 cm³/mol. The number of hydrogen-bond acceptors (Lipinski definition) is 14. The molecular weight excluding hydrogens is 989 g/mol. The maximum atomic E-state index is 14.1. The molecule has 408 valence electrons. The van der Waals surface area contributed by atoms with Crippen molar-refractivity contribution in [1.29, 1.82) is 0 Å². The Bertz CT molecular complexity index is 2860. The number of aromatic amines is 1. The number of hydrogen-bond donors (Lipinski definition) is 5. The number of nitrogens with one attached hydrogen (secondary N) is 4. The molecule has 5 N–H and O–H groups in total. The maximum absolute atomic E-state index is 14.1. The largest absolute Gasteiger partial charge is 0.475 e. The minimum Gasteiger partial charge on any atom is -0.475 e. The van der Waals surface area contributed by atoms with Gasteiger partial charge in [-0.15, -0.1) is 11.3 Å². The maximum Gasteiger partial charge on any atom is 0.253 e. The molecular formula is C57H74N8O10S. The Balaban J connectivity index is 0.874.